The summed E-state index contributed by atoms with van der Waals surface area (Å²) in [6, 6.07) is 12.9. The Morgan fingerprint density at radius 3 is 2.64 bits per heavy atom. The van der Waals surface area contributed by atoms with E-state index in [1.165, 1.54) is 24.3 Å². The first-order chi connectivity index (χ1) is 10.6. The fourth-order valence-electron chi connectivity index (χ4n) is 1.92. The Bertz CT molecular complexity index is 628. The van der Waals surface area contributed by atoms with Gasteiger partial charge in [-0.3, -0.25) is 4.79 Å². The molecule has 0 bridgehead atoms. The molecule has 1 amide bonds. The number of carbonyl (C=O) groups is 1. The minimum absolute atomic E-state index is 0.279. The normalized spacial score (nSPS) is 11.8. The molecule has 2 rings (SSSR count). The average Bonchev–Trinajstić information content (AvgIpc) is 2.50. The lowest BCUT2D eigenvalue weighted by Crippen LogP contribution is -2.30. The number of hydrogen-bond donors (Lipinski definition) is 1. The summed E-state index contributed by atoms with van der Waals surface area (Å²) >= 11 is 0. The molecule has 0 heterocycles. The summed E-state index contributed by atoms with van der Waals surface area (Å²) in [6.07, 6.45) is -0.698. The third kappa shape index (κ3) is 4.56. The minimum atomic E-state index is -0.698. The molecule has 0 spiro atoms. The number of anilines is 1. The van der Waals surface area contributed by atoms with E-state index in [0.29, 0.717) is 18.0 Å². The Balaban J connectivity index is 1.96. The van der Waals surface area contributed by atoms with E-state index in [0.717, 1.165) is 5.56 Å². The van der Waals surface area contributed by atoms with Crippen molar-refractivity contribution in [3.05, 3.63) is 59.9 Å². The minimum Gasteiger partial charge on any atom is -0.481 e. The summed E-state index contributed by atoms with van der Waals surface area (Å²) in [6.45, 7) is 2.11. The fourth-order valence-corrected chi connectivity index (χ4v) is 1.92. The van der Waals surface area contributed by atoms with Crippen molar-refractivity contribution in [3.63, 3.8) is 0 Å². The lowest BCUT2D eigenvalue weighted by Gasteiger charge is -2.15. The van der Waals surface area contributed by atoms with E-state index in [1.807, 2.05) is 18.2 Å². The van der Waals surface area contributed by atoms with Gasteiger partial charge in [-0.05, 0) is 48.9 Å². The third-order valence-corrected chi connectivity index (χ3v) is 3.00. The van der Waals surface area contributed by atoms with Crippen LogP contribution in [0.15, 0.2) is 48.5 Å². The second-order valence-corrected chi connectivity index (χ2v) is 4.84. The molecule has 5 heteroatoms. The Labute approximate surface area is 128 Å². The molecule has 2 aromatic carbocycles. The standard InChI is InChI=1S/C17H18FNO3/c1-12(22-16-8-6-14(18)7-9-16)17(20)19-15-5-3-4-13(10-15)11-21-2/h3-10,12H,11H2,1-2H3,(H,19,20)/t12-/m0/s1. The highest BCUT2D eigenvalue weighted by Crippen LogP contribution is 2.15. The van der Waals surface area contributed by atoms with Crippen LogP contribution in [0.4, 0.5) is 10.1 Å². The number of nitrogens with one attached hydrogen (secondary N) is 1. The van der Waals surface area contributed by atoms with Crippen LogP contribution in [-0.2, 0) is 16.1 Å². The highest BCUT2D eigenvalue weighted by atomic mass is 19.1. The fraction of sp³-hybridized carbons (Fsp3) is 0.235. The molecule has 0 aliphatic heterocycles. The van der Waals surface area contributed by atoms with Crippen LogP contribution in [0.5, 0.6) is 5.75 Å². The van der Waals surface area contributed by atoms with Gasteiger partial charge in [-0.15, -0.1) is 0 Å². The second kappa shape index (κ2) is 7.56. The molecule has 116 valence electrons. The van der Waals surface area contributed by atoms with Crippen molar-refractivity contribution in [2.75, 3.05) is 12.4 Å². The predicted molar refractivity (Wildman–Crippen MR) is 82.3 cm³/mol. The van der Waals surface area contributed by atoms with E-state index in [4.69, 9.17) is 9.47 Å². The topological polar surface area (TPSA) is 47.6 Å². The maximum absolute atomic E-state index is 12.8. The first kappa shape index (κ1) is 16.0. The molecule has 0 radical (unpaired) electrons. The van der Waals surface area contributed by atoms with Gasteiger partial charge in [-0.2, -0.15) is 0 Å². The van der Waals surface area contributed by atoms with Gasteiger partial charge < -0.3 is 14.8 Å². The zero-order valence-corrected chi connectivity index (χ0v) is 12.5. The van der Waals surface area contributed by atoms with Gasteiger partial charge in [0.2, 0.25) is 0 Å². The molecular formula is C17H18FNO3. The molecule has 0 saturated carbocycles. The lowest BCUT2D eigenvalue weighted by atomic mass is 10.2. The lowest BCUT2D eigenvalue weighted by molar-refractivity contribution is -0.122. The number of rotatable bonds is 6. The highest BCUT2D eigenvalue weighted by Gasteiger charge is 2.15. The van der Waals surface area contributed by atoms with Crippen LogP contribution in [0.25, 0.3) is 0 Å². The van der Waals surface area contributed by atoms with E-state index < -0.39 is 6.10 Å². The van der Waals surface area contributed by atoms with E-state index in [1.54, 1.807) is 20.1 Å². The average molecular weight is 303 g/mol. The van der Waals surface area contributed by atoms with Crippen molar-refractivity contribution in [1.82, 2.24) is 0 Å². The number of carbonyl (C=O) groups excluding carboxylic acids is 1. The molecule has 1 atom stereocenters. The third-order valence-electron chi connectivity index (χ3n) is 3.00. The van der Waals surface area contributed by atoms with E-state index in [9.17, 15) is 9.18 Å². The number of ether oxygens (including phenoxy) is 2. The molecule has 22 heavy (non-hydrogen) atoms. The van der Waals surface area contributed by atoms with Crippen LogP contribution in [0.3, 0.4) is 0 Å². The van der Waals surface area contributed by atoms with Gasteiger partial charge in [-0.25, -0.2) is 4.39 Å². The van der Waals surface area contributed by atoms with Crippen LogP contribution >= 0.6 is 0 Å². The monoisotopic (exact) mass is 303 g/mol. The molecule has 0 aromatic heterocycles. The Hall–Kier alpha value is -2.40. The maximum Gasteiger partial charge on any atom is 0.265 e. The van der Waals surface area contributed by atoms with Crippen molar-refractivity contribution < 1.29 is 18.7 Å². The Kier molecular flexibility index (Phi) is 5.49. The first-order valence-electron chi connectivity index (χ1n) is 6.89. The molecule has 4 nitrogen and oxygen atoms in total. The van der Waals surface area contributed by atoms with Gasteiger partial charge in [0.05, 0.1) is 6.61 Å². The molecule has 2 aromatic rings. The number of amides is 1. The molecule has 0 unspecified atom stereocenters. The summed E-state index contributed by atoms with van der Waals surface area (Å²) in [4.78, 5) is 12.1. The van der Waals surface area contributed by atoms with E-state index in [2.05, 4.69) is 5.32 Å². The van der Waals surface area contributed by atoms with Gasteiger partial charge in [0.25, 0.3) is 5.91 Å². The summed E-state index contributed by atoms with van der Waals surface area (Å²) in [5.74, 6) is -0.185. The van der Waals surface area contributed by atoms with Crippen LogP contribution in [0.1, 0.15) is 12.5 Å². The SMILES string of the molecule is COCc1cccc(NC(=O)[C@H](C)Oc2ccc(F)cc2)c1. The van der Waals surface area contributed by atoms with Crippen molar-refractivity contribution in [3.8, 4) is 5.75 Å². The first-order valence-corrected chi connectivity index (χ1v) is 6.89. The number of methoxy groups -OCH3 is 1. The van der Waals surface area contributed by atoms with Crippen molar-refractivity contribution in [1.29, 1.82) is 0 Å². The summed E-state index contributed by atoms with van der Waals surface area (Å²) in [5, 5.41) is 2.78. The predicted octanol–water partition coefficient (Wildman–Crippen LogP) is 3.38. The number of halogens is 1. The largest absolute Gasteiger partial charge is 0.481 e. The van der Waals surface area contributed by atoms with Crippen molar-refractivity contribution >= 4 is 11.6 Å². The molecule has 0 saturated heterocycles. The van der Waals surface area contributed by atoms with Crippen LogP contribution in [-0.4, -0.2) is 19.1 Å². The maximum atomic E-state index is 12.8. The molecule has 1 N–H and O–H groups in total. The van der Waals surface area contributed by atoms with E-state index in [-0.39, 0.29) is 11.7 Å². The van der Waals surface area contributed by atoms with Crippen molar-refractivity contribution in [2.45, 2.75) is 19.6 Å². The number of hydrogen-bond acceptors (Lipinski definition) is 3. The molecule has 0 aliphatic carbocycles. The quantitative estimate of drug-likeness (QED) is 0.890. The Morgan fingerprint density at radius 1 is 1.23 bits per heavy atom. The molecular weight excluding hydrogens is 285 g/mol. The van der Waals surface area contributed by atoms with Gasteiger partial charge in [0, 0.05) is 12.8 Å². The highest BCUT2D eigenvalue weighted by molar-refractivity contribution is 5.94. The van der Waals surface area contributed by atoms with Crippen LogP contribution in [0, 0.1) is 5.82 Å². The van der Waals surface area contributed by atoms with Crippen LogP contribution < -0.4 is 10.1 Å². The van der Waals surface area contributed by atoms with Gasteiger partial charge in [0.15, 0.2) is 6.10 Å². The van der Waals surface area contributed by atoms with E-state index >= 15 is 0 Å². The number of benzene rings is 2. The van der Waals surface area contributed by atoms with Crippen molar-refractivity contribution in [2.24, 2.45) is 0 Å². The van der Waals surface area contributed by atoms with Gasteiger partial charge >= 0.3 is 0 Å². The second-order valence-electron chi connectivity index (χ2n) is 4.84. The van der Waals surface area contributed by atoms with Gasteiger partial charge in [-0.1, -0.05) is 12.1 Å². The summed E-state index contributed by atoms with van der Waals surface area (Å²) in [7, 11) is 1.61. The Morgan fingerprint density at radius 2 is 1.95 bits per heavy atom. The molecule has 0 fully saturated rings. The zero-order valence-electron chi connectivity index (χ0n) is 12.5. The summed E-state index contributed by atoms with van der Waals surface area (Å²) < 4.78 is 23.4. The molecule has 0 aliphatic rings. The van der Waals surface area contributed by atoms with Gasteiger partial charge in [0.1, 0.15) is 11.6 Å². The zero-order chi connectivity index (χ0) is 15.9. The summed E-state index contributed by atoms with van der Waals surface area (Å²) in [5.41, 5.74) is 1.64. The smallest absolute Gasteiger partial charge is 0.265 e. The van der Waals surface area contributed by atoms with Crippen LogP contribution in [0.2, 0.25) is 0 Å².